The van der Waals surface area contributed by atoms with Crippen molar-refractivity contribution in [1.29, 1.82) is 0 Å². The average Bonchev–Trinajstić information content (AvgIpc) is 3.06. The molecule has 0 fully saturated rings. The summed E-state index contributed by atoms with van der Waals surface area (Å²) in [5.41, 5.74) is 2.26. The van der Waals surface area contributed by atoms with Gasteiger partial charge in [0.2, 0.25) is 0 Å². The molecule has 1 amide bonds. The smallest absolute Gasteiger partial charge is 0.337 e. The van der Waals surface area contributed by atoms with E-state index in [0.29, 0.717) is 16.8 Å². The molecule has 1 aliphatic rings. The van der Waals surface area contributed by atoms with Gasteiger partial charge in [-0.15, -0.1) is 0 Å². The molecule has 1 atom stereocenters. The summed E-state index contributed by atoms with van der Waals surface area (Å²) in [5.74, 6) is -1.57. The topological polar surface area (TPSA) is 72.9 Å². The van der Waals surface area contributed by atoms with Crippen molar-refractivity contribution in [3.63, 3.8) is 0 Å². The second-order valence-electron chi connectivity index (χ2n) is 5.62. The van der Waals surface area contributed by atoms with Crippen LogP contribution >= 0.6 is 0 Å². The van der Waals surface area contributed by atoms with Crippen LogP contribution in [0.3, 0.4) is 0 Å². The first kappa shape index (κ1) is 16.7. The highest BCUT2D eigenvalue weighted by Crippen LogP contribution is 2.37. The third kappa shape index (κ3) is 2.98. The van der Waals surface area contributed by atoms with Gasteiger partial charge in [-0.3, -0.25) is 9.59 Å². The van der Waals surface area contributed by atoms with Crippen molar-refractivity contribution in [1.82, 2.24) is 0 Å². The summed E-state index contributed by atoms with van der Waals surface area (Å²) in [5, 5.41) is 0. The summed E-state index contributed by atoms with van der Waals surface area (Å²) in [7, 11) is 2.64. The first-order chi connectivity index (χ1) is 12.1. The van der Waals surface area contributed by atoms with Gasteiger partial charge in [0.15, 0.2) is 0 Å². The van der Waals surface area contributed by atoms with Crippen molar-refractivity contribution in [2.75, 3.05) is 25.7 Å². The van der Waals surface area contributed by atoms with Gasteiger partial charge in [-0.05, 0) is 35.9 Å². The first-order valence-corrected chi connectivity index (χ1v) is 7.73. The van der Waals surface area contributed by atoms with Crippen LogP contribution < -0.4 is 4.90 Å². The van der Waals surface area contributed by atoms with E-state index in [1.54, 1.807) is 35.2 Å². The number of para-hydroxylation sites is 1. The molecular weight excluding hydrogens is 322 g/mol. The molecule has 2 aromatic rings. The third-order valence-electron chi connectivity index (χ3n) is 4.25. The zero-order valence-corrected chi connectivity index (χ0v) is 13.9. The van der Waals surface area contributed by atoms with E-state index in [1.807, 2.05) is 18.2 Å². The number of hydrogen-bond acceptors (Lipinski definition) is 5. The number of methoxy groups -OCH3 is 2. The van der Waals surface area contributed by atoms with Crippen LogP contribution in [0.2, 0.25) is 0 Å². The molecule has 6 heteroatoms. The Labute approximate surface area is 145 Å². The fraction of sp³-hybridized carbons (Fsp3) is 0.211. The number of ether oxygens (including phenoxy) is 2. The lowest BCUT2D eigenvalue weighted by Gasteiger charge is -2.17. The van der Waals surface area contributed by atoms with E-state index >= 15 is 0 Å². The lowest BCUT2D eigenvalue weighted by atomic mass is 10.0. The number of esters is 2. The molecule has 2 aromatic carbocycles. The van der Waals surface area contributed by atoms with E-state index in [0.717, 1.165) is 5.56 Å². The van der Waals surface area contributed by atoms with Crippen molar-refractivity contribution < 1.29 is 23.9 Å². The van der Waals surface area contributed by atoms with Crippen LogP contribution in [0.25, 0.3) is 0 Å². The standard InChI is InChI=1S/C19H17NO5/c1-24-18(22)13-9-7-12(8-10-13)17(21)20-11-15(19(23)25-2)14-5-3-4-6-16(14)20/h3-10,15H,11H2,1-2H3/t15-/m0/s1. The van der Waals surface area contributed by atoms with Gasteiger partial charge in [-0.25, -0.2) is 4.79 Å². The van der Waals surface area contributed by atoms with Gasteiger partial charge >= 0.3 is 11.9 Å². The van der Waals surface area contributed by atoms with Gasteiger partial charge in [0.1, 0.15) is 5.92 Å². The number of rotatable bonds is 3. The van der Waals surface area contributed by atoms with Crippen molar-refractivity contribution >= 4 is 23.5 Å². The van der Waals surface area contributed by atoms with Crippen molar-refractivity contribution in [2.45, 2.75) is 5.92 Å². The Morgan fingerprint density at radius 3 is 2.20 bits per heavy atom. The molecule has 3 rings (SSSR count). The Kier molecular flexibility index (Phi) is 4.52. The summed E-state index contributed by atoms with van der Waals surface area (Å²) in [6, 6.07) is 13.5. The largest absolute Gasteiger partial charge is 0.468 e. The number of amides is 1. The second-order valence-corrected chi connectivity index (χ2v) is 5.62. The van der Waals surface area contributed by atoms with E-state index in [9.17, 15) is 14.4 Å². The molecule has 0 saturated carbocycles. The van der Waals surface area contributed by atoms with Gasteiger partial charge in [-0.1, -0.05) is 18.2 Å². The molecule has 0 bridgehead atoms. The van der Waals surface area contributed by atoms with E-state index < -0.39 is 11.9 Å². The Morgan fingerprint density at radius 2 is 1.56 bits per heavy atom. The van der Waals surface area contributed by atoms with Crippen LogP contribution in [0.15, 0.2) is 48.5 Å². The molecule has 0 radical (unpaired) electrons. The minimum Gasteiger partial charge on any atom is -0.468 e. The van der Waals surface area contributed by atoms with Crippen molar-refractivity contribution in [3.05, 3.63) is 65.2 Å². The predicted molar refractivity (Wildman–Crippen MR) is 90.7 cm³/mol. The van der Waals surface area contributed by atoms with Gasteiger partial charge in [0, 0.05) is 17.8 Å². The normalized spacial score (nSPS) is 15.4. The van der Waals surface area contributed by atoms with Crippen LogP contribution in [0.4, 0.5) is 5.69 Å². The summed E-state index contributed by atoms with van der Waals surface area (Å²) in [4.78, 5) is 38.0. The number of benzene rings is 2. The highest BCUT2D eigenvalue weighted by atomic mass is 16.5. The summed E-state index contributed by atoms with van der Waals surface area (Å²) < 4.78 is 9.50. The van der Waals surface area contributed by atoms with Crippen LogP contribution in [-0.2, 0) is 14.3 Å². The number of carbonyl (C=O) groups excluding carboxylic acids is 3. The third-order valence-corrected chi connectivity index (χ3v) is 4.25. The maximum atomic E-state index is 12.9. The molecule has 25 heavy (non-hydrogen) atoms. The highest BCUT2D eigenvalue weighted by molar-refractivity contribution is 6.09. The number of carbonyl (C=O) groups is 3. The Hall–Kier alpha value is -3.15. The molecule has 0 aliphatic carbocycles. The average molecular weight is 339 g/mol. The summed E-state index contributed by atoms with van der Waals surface area (Å²) in [6.45, 7) is 0.226. The maximum absolute atomic E-state index is 12.9. The zero-order chi connectivity index (χ0) is 18.0. The highest BCUT2D eigenvalue weighted by Gasteiger charge is 2.37. The second kappa shape index (κ2) is 6.76. The number of nitrogens with zero attached hydrogens (tertiary/aromatic N) is 1. The summed E-state index contributed by atoms with van der Waals surface area (Å²) in [6.07, 6.45) is 0. The predicted octanol–water partition coefficient (Wildman–Crippen LogP) is 2.39. The lowest BCUT2D eigenvalue weighted by molar-refractivity contribution is -0.141. The van der Waals surface area contributed by atoms with E-state index in [4.69, 9.17) is 4.74 Å². The molecule has 0 unspecified atom stereocenters. The van der Waals surface area contributed by atoms with Crippen LogP contribution in [0.5, 0.6) is 0 Å². The van der Waals surface area contributed by atoms with Crippen LogP contribution in [-0.4, -0.2) is 38.6 Å². The SMILES string of the molecule is COC(=O)c1ccc(C(=O)N2C[C@H](C(=O)OC)c3ccccc32)cc1. The Bertz CT molecular complexity index is 828. The minimum absolute atomic E-state index is 0.226. The van der Waals surface area contributed by atoms with Crippen LogP contribution in [0.1, 0.15) is 32.2 Å². The molecule has 0 N–H and O–H groups in total. The van der Waals surface area contributed by atoms with Gasteiger partial charge in [0.25, 0.3) is 5.91 Å². The quantitative estimate of drug-likeness (QED) is 0.803. The van der Waals surface area contributed by atoms with Crippen molar-refractivity contribution in [3.8, 4) is 0 Å². The minimum atomic E-state index is -0.500. The van der Waals surface area contributed by atoms with Gasteiger partial charge in [-0.2, -0.15) is 0 Å². The monoisotopic (exact) mass is 339 g/mol. The van der Waals surface area contributed by atoms with Gasteiger partial charge < -0.3 is 14.4 Å². The molecule has 1 heterocycles. The van der Waals surface area contributed by atoms with Crippen molar-refractivity contribution in [2.24, 2.45) is 0 Å². The van der Waals surface area contributed by atoms with Gasteiger partial charge in [0.05, 0.1) is 19.8 Å². The number of fused-ring (bicyclic) bond motifs is 1. The maximum Gasteiger partial charge on any atom is 0.337 e. The number of anilines is 1. The fourth-order valence-electron chi connectivity index (χ4n) is 2.97. The molecule has 0 aromatic heterocycles. The Morgan fingerprint density at radius 1 is 0.920 bits per heavy atom. The first-order valence-electron chi connectivity index (χ1n) is 7.73. The summed E-state index contributed by atoms with van der Waals surface area (Å²) >= 11 is 0. The molecule has 128 valence electrons. The fourth-order valence-corrected chi connectivity index (χ4v) is 2.97. The molecule has 1 aliphatic heterocycles. The zero-order valence-electron chi connectivity index (χ0n) is 13.9. The molecule has 0 spiro atoms. The molecule has 6 nitrogen and oxygen atoms in total. The Balaban J connectivity index is 1.90. The van der Waals surface area contributed by atoms with E-state index in [1.165, 1.54) is 14.2 Å². The molecule has 0 saturated heterocycles. The lowest BCUT2D eigenvalue weighted by Crippen LogP contribution is -2.31. The van der Waals surface area contributed by atoms with Crippen LogP contribution in [0, 0.1) is 0 Å². The number of hydrogen-bond donors (Lipinski definition) is 0. The van der Waals surface area contributed by atoms with E-state index in [2.05, 4.69) is 4.74 Å². The molecular formula is C19H17NO5. The van der Waals surface area contributed by atoms with E-state index in [-0.39, 0.29) is 18.4 Å².